The van der Waals surface area contributed by atoms with Gasteiger partial charge in [-0.15, -0.1) is 0 Å². The highest BCUT2D eigenvalue weighted by Gasteiger charge is 2.39. The van der Waals surface area contributed by atoms with Crippen LogP contribution in [0.3, 0.4) is 0 Å². The number of amides is 2. The van der Waals surface area contributed by atoms with E-state index in [9.17, 15) is 9.90 Å². The Morgan fingerprint density at radius 2 is 1.90 bits per heavy atom. The number of aliphatic hydroxyl groups is 1. The van der Waals surface area contributed by atoms with E-state index in [0.717, 1.165) is 6.42 Å². The molecule has 0 spiro atoms. The fourth-order valence-corrected chi connectivity index (χ4v) is 4.23. The number of benzene rings is 1. The molecule has 2 aliphatic heterocycles. The minimum Gasteiger partial charge on any atom is -0.389 e. The van der Waals surface area contributed by atoms with Gasteiger partial charge in [0.25, 0.3) is 0 Å². The van der Waals surface area contributed by atoms with E-state index < -0.39 is 6.10 Å². The summed E-state index contributed by atoms with van der Waals surface area (Å²) in [6.45, 7) is 6.74. The summed E-state index contributed by atoms with van der Waals surface area (Å²) in [4.78, 5) is 21.1. The van der Waals surface area contributed by atoms with E-state index in [0.29, 0.717) is 50.9 Å². The Morgan fingerprint density at radius 1 is 1.17 bits per heavy atom. The van der Waals surface area contributed by atoms with Crippen LogP contribution in [0.5, 0.6) is 0 Å². The SMILES string of the molecule is COCCc1noc(C2CC(c3ccc(C)c(C)c3)CN(C(=O)N3CC(O)C3)C2)n1. The van der Waals surface area contributed by atoms with E-state index in [1.165, 1.54) is 16.7 Å². The molecule has 1 aromatic carbocycles. The summed E-state index contributed by atoms with van der Waals surface area (Å²) in [6, 6.07) is 6.49. The number of aliphatic hydroxyl groups excluding tert-OH is 1. The van der Waals surface area contributed by atoms with Crippen LogP contribution in [0, 0.1) is 13.8 Å². The van der Waals surface area contributed by atoms with Gasteiger partial charge >= 0.3 is 6.03 Å². The third-order valence-electron chi connectivity index (χ3n) is 6.22. The molecular formula is C22H30N4O4. The highest BCUT2D eigenvalue weighted by atomic mass is 16.5. The Kier molecular flexibility index (Phi) is 6.06. The predicted molar refractivity (Wildman–Crippen MR) is 110 cm³/mol. The first-order chi connectivity index (χ1) is 14.4. The molecule has 2 aromatic rings. The largest absolute Gasteiger partial charge is 0.389 e. The molecule has 2 amide bonds. The van der Waals surface area contributed by atoms with Crippen LogP contribution in [-0.2, 0) is 11.2 Å². The van der Waals surface area contributed by atoms with Crippen molar-refractivity contribution in [2.24, 2.45) is 0 Å². The number of rotatable bonds is 5. The number of aromatic nitrogens is 2. The lowest BCUT2D eigenvalue weighted by Crippen LogP contribution is -2.59. The molecule has 0 saturated carbocycles. The lowest BCUT2D eigenvalue weighted by Gasteiger charge is -2.43. The Morgan fingerprint density at radius 3 is 2.60 bits per heavy atom. The molecule has 1 N–H and O–H groups in total. The number of piperidine rings is 1. The monoisotopic (exact) mass is 414 g/mol. The molecule has 2 fully saturated rings. The zero-order valence-corrected chi connectivity index (χ0v) is 17.9. The molecule has 8 nitrogen and oxygen atoms in total. The molecule has 2 saturated heterocycles. The van der Waals surface area contributed by atoms with Crippen LogP contribution < -0.4 is 0 Å². The smallest absolute Gasteiger partial charge is 0.320 e. The number of nitrogens with zero attached hydrogens (tertiary/aromatic N) is 4. The summed E-state index contributed by atoms with van der Waals surface area (Å²) in [5.41, 5.74) is 3.73. The van der Waals surface area contributed by atoms with Crippen LogP contribution in [0.1, 0.15) is 46.7 Å². The summed E-state index contributed by atoms with van der Waals surface area (Å²) in [5, 5.41) is 13.7. The number of ether oxygens (including phenoxy) is 1. The molecule has 0 radical (unpaired) electrons. The van der Waals surface area contributed by atoms with E-state index >= 15 is 0 Å². The standard InChI is InChI=1S/C22H30N4O4/c1-14-4-5-16(8-15(14)2)17-9-18(21-23-20(24-30-21)6-7-29-3)11-25(10-17)22(28)26-12-19(27)13-26/h4-5,8,17-19,27H,6-7,9-13H2,1-3H3. The van der Waals surface area contributed by atoms with Gasteiger partial charge in [-0.25, -0.2) is 4.79 Å². The van der Waals surface area contributed by atoms with E-state index in [1.807, 2.05) is 4.90 Å². The van der Waals surface area contributed by atoms with E-state index in [1.54, 1.807) is 12.0 Å². The number of likely N-dealkylation sites (tertiary alicyclic amines) is 2. The average Bonchev–Trinajstić information content (AvgIpc) is 3.20. The number of hydrogen-bond donors (Lipinski definition) is 1. The summed E-state index contributed by atoms with van der Waals surface area (Å²) in [7, 11) is 1.65. The molecule has 4 rings (SSSR count). The van der Waals surface area contributed by atoms with Gasteiger partial charge in [-0.2, -0.15) is 4.98 Å². The van der Waals surface area contributed by atoms with Gasteiger partial charge < -0.3 is 24.2 Å². The minimum absolute atomic E-state index is 0.0238. The Balaban J connectivity index is 1.56. The number of urea groups is 1. The lowest BCUT2D eigenvalue weighted by molar-refractivity contribution is 0.0111. The predicted octanol–water partition coefficient (Wildman–Crippen LogP) is 2.24. The fourth-order valence-electron chi connectivity index (χ4n) is 4.23. The van der Waals surface area contributed by atoms with Crippen LogP contribution in [0.25, 0.3) is 0 Å². The van der Waals surface area contributed by atoms with E-state index in [4.69, 9.17) is 9.26 Å². The van der Waals surface area contributed by atoms with Gasteiger partial charge in [0.1, 0.15) is 0 Å². The Bertz CT molecular complexity index is 893. The van der Waals surface area contributed by atoms with Crippen molar-refractivity contribution in [3.05, 3.63) is 46.6 Å². The second-order valence-corrected chi connectivity index (χ2v) is 8.51. The van der Waals surface area contributed by atoms with Crippen LogP contribution in [-0.4, -0.2) is 77.1 Å². The molecule has 2 unspecified atom stereocenters. The summed E-state index contributed by atoms with van der Waals surface area (Å²) < 4.78 is 10.7. The van der Waals surface area contributed by atoms with Crippen molar-refractivity contribution in [1.29, 1.82) is 0 Å². The number of β-amino-alcohol motifs (C(OH)–C–C–N with tert-alkyl or cyclic N) is 1. The van der Waals surface area contributed by atoms with Crippen molar-refractivity contribution in [3.8, 4) is 0 Å². The van der Waals surface area contributed by atoms with Gasteiger partial charge in [0.15, 0.2) is 5.82 Å². The fraction of sp³-hybridized carbons (Fsp3) is 0.591. The first-order valence-corrected chi connectivity index (χ1v) is 10.5. The first kappa shape index (κ1) is 20.8. The second kappa shape index (κ2) is 8.73. The number of carbonyl (C=O) groups is 1. The quantitative estimate of drug-likeness (QED) is 0.807. The maximum absolute atomic E-state index is 13.0. The Hall–Kier alpha value is -2.45. The number of carbonyl (C=O) groups excluding carboxylic acids is 1. The maximum Gasteiger partial charge on any atom is 0.320 e. The van der Waals surface area contributed by atoms with Gasteiger partial charge in [-0.3, -0.25) is 0 Å². The summed E-state index contributed by atoms with van der Waals surface area (Å²) >= 11 is 0. The average molecular weight is 415 g/mol. The first-order valence-electron chi connectivity index (χ1n) is 10.5. The molecular weight excluding hydrogens is 384 g/mol. The Labute approximate surface area is 176 Å². The van der Waals surface area contributed by atoms with Gasteiger partial charge in [-0.1, -0.05) is 23.4 Å². The zero-order valence-electron chi connectivity index (χ0n) is 17.9. The van der Waals surface area contributed by atoms with Crippen molar-refractivity contribution in [1.82, 2.24) is 19.9 Å². The molecule has 0 bridgehead atoms. The summed E-state index contributed by atoms with van der Waals surface area (Å²) in [5.74, 6) is 1.37. The van der Waals surface area contributed by atoms with Crippen LogP contribution in [0.2, 0.25) is 0 Å². The third kappa shape index (κ3) is 4.34. The molecule has 8 heteroatoms. The molecule has 3 heterocycles. The minimum atomic E-state index is -0.413. The van der Waals surface area contributed by atoms with E-state index in [-0.39, 0.29) is 17.9 Å². The normalized spacial score (nSPS) is 22.3. The van der Waals surface area contributed by atoms with Crippen LogP contribution in [0.4, 0.5) is 4.79 Å². The molecule has 2 aliphatic rings. The highest BCUT2D eigenvalue weighted by Crippen LogP contribution is 2.36. The maximum atomic E-state index is 13.0. The van der Waals surface area contributed by atoms with Crippen molar-refractivity contribution in [3.63, 3.8) is 0 Å². The second-order valence-electron chi connectivity index (χ2n) is 8.51. The van der Waals surface area contributed by atoms with Gasteiger partial charge in [0, 0.05) is 32.5 Å². The number of hydrogen-bond acceptors (Lipinski definition) is 6. The highest BCUT2D eigenvalue weighted by molar-refractivity contribution is 5.75. The van der Waals surface area contributed by atoms with Gasteiger partial charge in [-0.05, 0) is 37.0 Å². The van der Waals surface area contributed by atoms with Gasteiger partial charge in [0.05, 0.1) is 31.7 Å². The van der Waals surface area contributed by atoms with Crippen molar-refractivity contribution >= 4 is 6.03 Å². The third-order valence-corrected chi connectivity index (χ3v) is 6.22. The van der Waals surface area contributed by atoms with Gasteiger partial charge in [0.2, 0.25) is 5.89 Å². The molecule has 0 aliphatic carbocycles. The summed E-state index contributed by atoms with van der Waals surface area (Å²) in [6.07, 6.45) is 1.03. The zero-order chi connectivity index (χ0) is 21.3. The topological polar surface area (TPSA) is 91.9 Å². The van der Waals surface area contributed by atoms with Crippen LogP contribution >= 0.6 is 0 Å². The van der Waals surface area contributed by atoms with E-state index in [2.05, 4.69) is 42.2 Å². The van der Waals surface area contributed by atoms with Crippen molar-refractivity contribution < 1.29 is 19.2 Å². The molecule has 30 heavy (non-hydrogen) atoms. The number of methoxy groups -OCH3 is 1. The van der Waals surface area contributed by atoms with Crippen LogP contribution in [0.15, 0.2) is 22.7 Å². The molecule has 162 valence electrons. The molecule has 2 atom stereocenters. The van der Waals surface area contributed by atoms with Crippen molar-refractivity contribution in [2.75, 3.05) is 39.9 Å². The lowest BCUT2D eigenvalue weighted by atomic mass is 9.83. The van der Waals surface area contributed by atoms with Crippen molar-refractivity contribution in [2.45, 2.75) is 44.6 Å². The molecule has 1 aromatic heterocycles. The number of aryl methyl sites for hydroxylation is 2.